The molecule has 0 bridgehead atoms. The fourth-order valence-corrected chi connectivity index (χ4v) is 4.38. The number of aromatic nitrogens is 1. The molecule has 0 saturated heterocycles. The van der Waals surface area contributed by atoms with Gasteiger partial charge in [-0.15, -0.1) is 0 Å². The van der Waals surface area contributed by atoms with Crippen LogP contribution >= 0.6 is 0 Å². The minimum Gasteiger partial charge on any atom is -0.307 e. The van der Waals surface area contributed by atoms with Gasteiger partial charge >= 0.3 is 0 Å². The lowest BCUT2D eigenvalue weighted by molar-refractivity contribution is 0.277. The van der Waals surface area contributed by atoms with Gasteiger partial charge in [-0.2, -0.15) is 4.31 Å². The Morgan fingerprint density at radius 1 is 1.33 bits per heavy atom. The number of nitrogens with one attached hydrogen (secondary N) is 1. The molecule has 0 saturated carbocycles. The van der Waals surface area contributed by atoms with Crippen LogP contribution in [-0.4, -0.2) is 30.3 Å². The van der Waals surface area contributed by atoms with E-state index in [4.69, 9.17) is 5.84 Å². The molecule has 6 nitrogen and oxygen atoms in total. The van der Waals surface area contributed by atoms with Gasteiger partial charge in [-0.3, -0.25) is 0 Å². The molecule has 0 radical (unpaired) electrons. The van der Waals surface area contributed by atoms with Crippen molar-refractivity contribution in [1.29, 1.82) is 0 Å². The van der Waals surface area contributed by atoms with Gasteiger partial charge in [0.1, 0.15) is 4.90 Å². The summed E-state index contributed by atoms with van der Waals surface area (Å²) in [6.45, 7) is 8.50. The Labute approximate surface area is 127 Å². The molecule has 7 heteroatoms. The van der Waals surface area contributed by atoms with Crippen LogP contribution in [0.2, 0.25) is 0 Å². The predicted molar refractivity (Wildman–Crippen MR) is 85.1 cm³/mol. The van der Waals surface area contributed by atoms with Gasteiger partial charge in [-0.1, -0.05) is 27.7 Å². The van der Waals surface area contributed by atoms with Crippen molar-refractivity contribution in [3.05, 3.63) is 18.3 Å². The lowest BCUT2D eigenvalue weighted by atomic mass is 10.1. The molecule has 0 spiro atoms. The molecular weight excluding hydrogens is 288 g/mol. The molecule has 0 aromatic carbocycles. The summed E-state index contributed by atoms with van der Waals surface area (Å²) in [6, 6.07) is 3.12. The number of nitrogens with zero attached hydrogens (tertiary/aromatic N) is 2. The normalized spacial score (nSPS) is 12.4. The van der Waals surface area contributed by atoms with Crippen LogP contribution in [0.5, 0.6) is 0 Å². The molecule has 0 aliphatic heterocycles. The number of hydrogen-bond acceptors (Lipinski definition) is 5. The molecule has 1 aromatic rings. The molecule has 0 unspecified atom stereocenters. The smallest absolute Gasteiger partial charge is 0.247 e. The predicted octanol–water partition coefficient (Wildman–Crippen LogP) is 2.20. The third-order valence-electron chi connectivity index (χ3n) is 3.39. The first kappa shape index (κ1) is 17.9. The topological polar surface area (TPSA) is 88.3 Å². The molecule has 0 amide bonds. The van der Waals surface area contributed by atoms with Gasteiger partial charge in [0.2, 0.25) is 10.0 Å². The zero-order chi connectivity index (χ0) is 16.0. The zero-order valence-electron chi connectivity index (χ0n) is 13.2. The summed E-state index contributed by atoms with van der Waals surface area (Å²) in [5, 5.41) is 0. The van der Waals surface area contributed by atoms with Crippen LogP contribution in [0.1, 0.15) is 40.5 Å². The summed E-state index contributed by atoms with van der Waals surface area (Å²) in [5.41, 5.74) is 2.37. The molecule has 21 heavy (non-hydrogen) atoms. The van der Waals surface area contributed by atoms with Crippen LogP contribution < -0.4 is 11.3 Å². The SMILES string of the molecule is CCC(CC)N(CC(C)C)S(=O)(=O)c1cccnc1NN. The highest BCUT2D eigenvalue weighted by molar-refractivity contribution is 7.89. The number of nitrogens with two attached hydrogens (primary N) is 1. The van der Waals surface area contributed by atoms with Gasteiger partial charge in [-0.05, 0) is 30.9 Å². The van der Waals surface area contributed by atoms with Crippen LogP contribution in [0, 0.1) is 5.92 Å². The van der Waals surface area contributed by atoms with E-state index in [9.17, 15) is 8.42 Å². The van der Waals surface area contributed by atoms with E-state index in [1.165, 1.54) is 12.3 Å². The second-order valence-electron chi connectivity index (χ2n) is 5.43. The van der Waals surface area contributed by atoms with E-state index >= 15 is 0 Å². The van der Waals surface area contributed by atoms with Crippen LogP contribution in [0.15, 0.2) is 23.2 Å². The van der Waals surface area contributed by atoms with Gasteiger partial charge in [0.25, 0.3) is 0 Å². The van der Waals surface area contributed by atoms with Crippen molar-refractivity contribution in [3.63, 3.8) is 0 Å². The standard InChI is InChI=1S/C14H26N4O2S/c1-5-12(6-2)18(10-11(3)4)21(19,20)13-8-7-9-16-14(13)17-15/h7-9,11-12H,5-6,10,15H2,1-4H3,(H,16,17). The van der Waals surface area contributed by atoms with Crippen LogP contribution in [0.25, 0.3) is 0 Å². The maximum absolute atomic E-state index is 13.0. The van der Waals surface area contributed by atoms with Crippen LogP contribution in [0.4, 0.5) is 5.82 Å². The van der Waals surface area contributed by atoms with Crippen molar-refractivity contribution in [2.24, 2.45) is 11.8 Å². The van der Waals surface area contributed by atoms with Gasteiger partial charge in [0, 0.05) is 18.8 Å². The molecule has 120 valence electrons. The summed E-state index contributed by atoms with van der Waals surface area (Å²) in [5.74, 6) is 5.81. The Kier molecular flexibility index (Phi) is 6.57. The van der Waals surface area contributed by atoms with E-state index in [1.54, 1.807) is 10.4 Å². The maximum Gasteiger partial charge on any atom is 0.247 e. The van der Waals surface area contributed by atoms with Gasteiger partial charge in [-0.25, -0.2) is 19.2 Å². The van der Waals surface area contributed by atoms with E-state index in [2.05, 4.69) is 10.4 Å². The van der Waals surface area contributed by atoms with Crippen LogP contribution in [0.3, 0.4) is 0 Å². The summed E-state index contributed by atoms with van der Waals surface area (Å²) >= 11 is 0. The Morgan fingerprint density at radius 3 is 2.43 bits per heavy atom. The van der Waals surface area contributed by atoms with E-state index in [1.807, 2.05) is 27.7 Å². The van der Waals surface area contributed by atoms with E-state index < -0.39 is 10.0 Å². The van der Waals surface area contributed by atoms with Gasteiger partial charge < -0.3 is 5.43 Å². The first-order chi connectivity index (χ1) is 9.88. The molecule has 0 atom stereocenters. The third kappa shape index (κ3) is 4.15. The van der Waals surface area contributed by atoms with Crippen molar-refractivity contribution in [1.82, 2.24) is 9.29 Å². The van der Waals surface area contributed by atoms with Crippen LogP contribution in [-0.2, 0) is 10.0 Å². The Balaban J connectivity index is 3.32. The number of hydrazine groups is 1. The van der Waals surface area contributed by atoms with E-state index in [0.717, 1.165) is 12.8 Å². The Bertz CT molecular complexity index is 542. The Morgan fingerprint density at radius 2 is 1.95 bits per heavy atom. The average Bonchev–Trinajstić information content (AvgIpc) is 2.47. The number of pyridine rings is 1. The second kappa shape index (κ2) is 7.72. The largest absolute Gasteiger partial charge is 0.307 e. The summed E-state index contributed by atoms with van der Waals surface area (Å²) in [6.07, 6.45) is 3.06. The molecule has 0 fully saturated rings. The molecule has 1 heterocycles. The molecular formula is C14H26N4O2S. The fraction of sp³-hybridized carbons (Fsp3) is 0.643. The van der Waals surface area contributed by atoms with Crippen molar-refractivity contribution in [3.8, 4) is 0 Å². The quantitative estimate of drug-likeness (QED) is 0.567. The molecule has 1 rings (SSSR count). The Hall–Kier alpha value is -1.18. The van der Waals surface area contributed by atoms with Crippen molar-refractivity contribution < 1.29 is 8.42 Å². The number of nitrogen functional groups attached to an aromatic ring is 1. The summed E-state index contributed by atoms with van der Waals surface area (Å²) < 4.78 is 27.6. The van der Waals surface area contributed by atoms with Gasteiger partial charge in [0.05, 0.1) is 0 Å². The number of sulfonamides is 1. The maximum atomic E-state index is 13.0. The molecule has 3 N–H and O–H groups in total. The van der Waals surface area contributed by atoms with Crippen molar-refractivity contribution in [2.75, 3.05) is 12.0 Å². The lowest BCUT2D eigenvalue weighted by Gasteiger charge is -2.31. The minimum absolute atomic E-state index is 0.0248. The fourth-order valence-electron chi connectivity index (χ4n) is 2.33. The highest BCUT2D eigenvalue weighted by Crippen LogP contribution is 2.26. The average molecular weight is 314 g/mol. The van der Waals surface area contributed by atoms with Crippen molar-refractivity contribution >= 4 is 15.8 Å². The summed E-state index contributed by atoms with van der Waals surface area (Å²) in [7, 11) is -3.63. The van der Waals surface area contributed by atoms with E-state index in [-0.39, 0.29) is 22.7 Å². The number of hydrogen-bond donors (Lipinski definition) is 2. The third-order valence-corrected chi connectivity index (χ3v) is 5.34. The van der Waals surface area contributed by atoms with E-state index in [0.29, 0.717) is 6.54 Å². The highest BCUT2D eigenvalue weighted by atomic mass is 32.2. The monoisotopic (exact) mass is 314 g/mol. The molecule has 0 aliphatic carbocycles. The number of rotatable bonds is 8. The second-order valence-corrected chi connectivity index (χ2v) is 7.29. The minimum atomic E-state index is -3.63. The molecule has 0 aliphatic rings. The zero-order valence-corrected chi connectivity index (χ0v) is 14.0. The highest BCUT2D eigenvalue weighted by Gasteiger charge is 2.32. The first-order valence-corrected chi connectivity index (χ1v) is 8.75. The van der Waals surface area contributed by atoms with Crippen molar-refractivity contribution in [2.45, 2.75) is 51.5 Å². The summed E-state index contributed by atoms with van der Waals surface area (Å²) in [4.78, 5) is 4.12. The first-order valence-electron chi connectivity index (χ1n) is 7.31. The molecule has 1 aromatic heterocycles. The van der Waals surface area contributed by atoms with Gasteiger partial charge in [0.15, 0.2) is 5.82 Å². The number of anilines is 1. The lowest BCUT2D eigenvalue weighted by Crippen LogP contribution is -2.42.